The third-order valence-corrected chi connectivity index (χ3v) is 5.12. The van der Waals surface area contributed by atoms with Crippen LogP contribution in [0.3, 0.4) is 0 Å². The quantitative estimate of drug-likeness (QED) is 0.318. The van der Waals surface area contributed by atoms with E-state index in [1.54, 1.807) is 0 Å². The number of halogens is 10. The van der Waals surface area contributed by atoms with Crippen molar-refractivity contribution in [1.82, 2.24) is 0 Å². The first-order valence-corrected chi connectivity index (χ1v) is 10.3. The molecule has 3 nitrogen and oxygen atoms in total. The average molecular weight is 541 g/mol. The number of aliphatic hydroxyl groups excluding tert-OH is 1. The van der Waals surface area contributed by atoms with Gasteiger partial charge in [0, 0.05) is 17.8 Å². The summed E-state index contributed by atoms with van der Waals surface area (Å²) in [5.74, 6) is -1.68. The van der Waals surface area contributed by atoms with E-state index in [9.17, 15) is 49.0 Å². The number of ether oxygens (including phenoxy) is 1. The van der Waals surface area contributed by atoms with Gasteiger partial charge in [0.15, 0.2) is 6.10 Å². The third kappa shape index (κ3) is 7.75. The minimum absolute atomic E-state index is 0.0697. The maximum absolute atomic E-state index is 14.3. The standard InChI is InChI=1S/C24H17F10NO2/c25-20-8-7-17(22(26,27)28)9-16(20)12-35(13-21(36)23(29,30)31)18-5-1-3-14(10-18)15-4-2-6-19(11-15)37-24(32,33)34/h1-11,21,36H,12-13H2. The first-order chi connectivity index (χ1) is 17.0. The first kappa shape index (κ1) is 28.1. The summed E-state index contributed by atoms with van der Waals surface area (Å²) in [7, 11) is 0. The molecule has 1 atom stereocenters. The lowest BCUT2D eigenvalue weighted by molar-refractivity contribution is -0.274. The molecule has 0 aliphatic rings. The molecule has 0 fully saturated rings. The van der Waals surface area contributed by atoms with Gasteiger partial charge in [0.2, 0.25) is 0 Å². The Bertz CT molecular complexity index is 1220. The van der Waals surface area contributed by atoms with Crippen molar-refractivity contribution in [2.75, 3.05) is 11.4 Å². The smallest absolute Gasteiger partial charge is 0.406 e. The lowest BCUT2D eigenvalue weighted by atomic mass is 10.0. The van der Waals surface area contributed by atoms with E-state index in [2.05, 4.69) is 4.74 Å². The van der Waals surface area contributed by atoms with E-state index < -0.39 is 60.6 Å². The van der Waals surface area contributed by atoms with Crippen molar-refractivity contribution in [2.45, 2.75) is 31.4 Å². The van der Waals surface area contributed by atoms with Crippen molar-refractivity contribution in [1.29, 1.82) is 0 Å². The molecule has 37 heavy (non-hydrogen) atoms. The number of anilines is 1. The van der Waals surface area contributed by atoms with Crippen molar-refractivity contribution in [3.05, 3.63) is 83.7 Å². The predicted octanol–water partition coefficient (Wildman–Crippen LogP) is 7.34. The molecule has 0 aromatic heterocycles. The van der Waals surface area contributed by atoms with Crippen molar-refractivity contribution in [3.8, 4) is 16.9 Å². The number of benzene rings is 3. The third-order valence-electron chi connectivity index (χ3n) is 5.12. The second kappa shape index (κ2) is 10.5. The Morgan fingerprint density at radius 3 is 2.00 bits per heavy atom. The zero-order chi connectivity index (χ0) is 27.6. The lowest BCUT2D eigenvalue weighted by Gasteiger charge is -2.29. The molecule has 1 unspecified atom stereocenters. The van der Waals surface area contributed by atoms with Crippen LogP contribution >= 0.6 is 0 Å². The van der Waals surface area contributed by atoms with Crippen LogP contribution in [-0.2, 0) is 12.7 Å². The zero-order valence-electron chi connectivity index (χ0n) is 18.4. The van der Waals surface area contributed by atoms with Gasteiger partial charge in [0.1, 0.15) is 11.6 Å². The van der Waals surface area contributed by atoms with Crippen molar-refractivity contribution in [2.24, 2.45) is 0 Å². The van der Waals surface area contributed by atoms with E-state index in [-0.39, 0.29) is 16.8 Å². The lowest BCUT2D eigenvalue weighted by Crippen LogP contribution is -2.41. The van der Waals surface area contributed by atoms with E-state index in [0.717, 1.165) is 17.0 Å². The Kier molecular flexibility index (Phi) is 7.96. The van der Waals surface area contributed by atoms with Gasteiger partial charge in [-0.2, -0.15) is 26.3 Å². The fraction of sp³-hybridized carbons (Fsp3) is 0.250. The Labute approximate surface area is 203 Å². The van der Waals surface area contributed by atoms with Crippen LogP contribution in [0.4, 0.5) is 49.6 Å². The van der Waals surface area contributed by atoms with Gasteiger partial charge >= 0.3 is 18.7 Å². The van der Waals surface area contributed by atoms with Crippen LogP contribution in [0.5, 0.6) is 5.75 Å². The van der Waals surface area contributed by atoms with Crippen LogP contribution in [0.15, 0.2) is 66.7 Å². The first-order valence-electron chi connectivity index (χ1n) is 10.3. The minimum Gasteiger partial charge on any atom is -0.406 e. The van der Waals surface area contributed by atoms with Crippen LogP contribution < -0.4 is 9.64 Å². The highest BCUT2D eigenvalue weighted by Crippen LogP contribution is 2.34. The van der Waals surface area contributed by atoms with Crippen LogP contribution in [0, 0.1) is 5.82 Å². The molecular formula is C24H17F10NO2. The fourth-order valence-electron chi connectivity index (χ4n) is 3.41. The van der Waals surface area contributed by atoms with Gasteiger partial charge in [-0.15, -0.1) is 13.2 Å². The molecular weight excluding hydrogens is 524 g/mol. The molecule has 3 aromatic carbocycles. The molecule has 0 saturated carbocycles. The van der Waals surface area contributed by atoms with Crippen molar-refractivity contribution < 1.29 is 53.7 Å². The van der Waals surface area contributed by atoms with Gasteiger partial charge in [-0.25, -0.2) is 4.39 Å². The molecule has 0 radical (unpaired) electrons. The molecule has 3 aromatic rings. The highest BCUT2D eigenvalue weighted by Gasteiger charge is 2.39. The molecule has 0 heterocycles. The topological polar surface area (TPSA) is 32.7 Å². The second-order valence-electron chi connectivity index (χ2n) is 7.87. The summed E-state index contributed by atoms with van der Waals surface area (Å²) in [6.07, 6.45) is -17.8. The highest BCUT2D eigenvalue weighted by atomic mass is 19.4. The summed E-state index contributed by atoms with van der Waals surface area (Å²) in [5, 5.41) is 9.62. The van der Waals surface area contributed by atoms with Crippen LogP contribution in [0.25, 0.3) is 11.1 Å². The molecule has 3 rings (SSSR count). The second-order valence-corrected chi connectivity index (χ2v) is 7.87. The Balaban J connectivity index is 2.01. The predicted molar refractivity (Wildman–Crippen MR) is 113 cm³/mol. The number of aliphatic hydroxyl groups is 1. The molecule has 0 bridgehead atoms. The van der Waals surface area contributed by atoms with Crippen LogP contribution in [0.1, 0.15) is 11.1 Å². The number of nitrogens with zero attached hydrogens (tertiary/aromatic N) is 1. The molecule has 0 saturated heterocycles. The zero-order valence-corrected chi connectivity index (χ0v) is 18.4. The molecule has 0 amide bonds. The van der Waals surface area contributed by atoms with Crippen LogP contribution in [0.2, 0.25) is 0 Å². The van der Waals surface area contributed by atoms with Gasteiger partial charge < -0.3 is 14.7 Å². The summed E-state index contributed by atoms with van der Waals surface area (Å²) in [6, 6.07) is 11.4. The normalized spacial score (nSPS) is 13.4. The molecule has 13 heteroatoms. The highest BCUT2D eigenvalue weighted by molar-refractivity contribution is 5.69. The van der Waals surface area contributed by atoms with Gasteiger partial charge in [-0.1, -0.05) is 24.3 Å². The largest absolute Gasteiger partial charge is 0.573 e. The molecule has 0 aliphatic heterocycles. The van der Waals surface area contributed by atoms with Gasteiger partial charge in [0.05, 0.1) is 12.1 Å². The molecule has 0 spiro atoms. The minimum atomic E-state index is -5.09. The summed E-state index contributed by atoms with van der Waals surface area (Å²) < 4.78 is 134. The molecule has 200 valence electrons. The van der Waals surface area contributed by atoms with E-state index in [4.69, 9.17) is 0 Å². The Morgan fingerprint density at radius 2 is 1.41 bits per heavy atom. The Hall–Kier alpha value is -3.48. The average Bonchev–Trinajstić information content (AvgIpc) is 2.77. The summed E-state index contributed by atoms with van der Waals surface area (Å²) in [5.41, 5.74) is -1.50. The van der Waals surface area contributed by atoms with Gasteiger partial charge in [-0.3, -0.25) is 0 Å². The van der Waals surface area contributed by atoms with E-state index in [1.165, 1.54) is 36.4 Å². The van der Waals surface area contributed by atoms with Gasteiger partial charge in [-0.05, 0) is 53.6 Å². The monoisotopic (exact) mass is 541 g/mol. The SMILES string of the molecule is OC(CN(Cc1cc(C(F)(F)F)ccc1F)c1cccc(-c2cccc(OC(F)(F)F)c2)c1)C(F)(F)F. The maximum atomic E-state index is 14.3. The van der Waals surface area contributed by atoms with Crippen molar-refractivity contribution in [3.63, 3.8) is 0 Å². The number of hydrogen-bond donors (Lipinski definition) is 1. The Morgan fingerprint density at radius 1 is 0.784 bits per heavy atom. The molecule has 0 aliphatic carbocycles. The van der Waals surface area contributed by atoms with E-state index in [1.807, 2.05) is 0 Å². The van der Waals surface area contributed by atoms with Crippen LogP contribution in [-0.4, -0.2) is 30.3 Å². The summed E-state index contributed by atoms with van der Waals surface area (Å²) in [4.78, 5) is 0.816. The molecule has 1 N–H and O–H groups in total. The number of alkyl halides is 9. The van der Waals surface area contributed by atoms with E-state index >= 15 is 0 Å². The number of hydrogen-bond acceptors (Lipinski definition) is 3. The summed E-state index contributed by atoms with van der Waals surface area (Å²) >= 11 is 0. The van der Waals surface area contributed by atoms with Gasteiger partial charge in [0.25, 0.3) is 0 Å². The van der Waals surface area contributed by atoms with Crippen molar-refractivity contribution >= 4 is 5.69 Å². The van der Waals surface area contributed by atoms with E-state index in [0.29, 0.717) is 18.2 Å². The fourth-order valence-corrected chi connectivity index (χ4v) is 3.41. The summed E-state index contributed by atoms with van der Waals surface area (Å²) in [6.45, 7) is -1.95. The maximum Gasteiger partial charge on any atom is 0.573 e. The number of rotatable bonds is 7.